The number of sulfonamides is 1. The first kappa shape index (κ1) is 26.6. The van der Waals surface area contributed by atoms with Crippen LogP contribution in [-0.4, -0.2) is 65.5 Å². The Morgan fingerprint density at radius 3 is 2.66 bits per heavy atom. The van der Waals surface area contributed by atoms with Crippen LogP contribution >= 0.6 is 35.3 Å². The fraction of sp³-hybridized carbons (Fsp3) is 0.722. The minimum Gasteiger partial charge on any atom is -0.396 e. The average Bonchev–Trinajstić information content (AvgIpc) is 3.23. The van der Waals surface area contributed by atoms with Crippen LogP contribution in [0.1, 0.15) is 29.5 Å². The molecule has 2 rings (SSSR count). The van der Waals surface area contributed by atoms with Crippen molar-refractivity contribution in [3.63, 3.8) is 0 Å². The van der Waals surface area contributed by atoms with E-state index in [1.54, 1.807) is 6.07 Å². The van der Waals surface area contributed by atoms with Crippen LogP contribution in [0.25, 0.3) is 0 Å². The third kappa shape index (κ3) is 7.94. The highest BCUT2D eigenvalue weighted by Crippen LogP contribution is 2.32. The molecule has 2 heterocycles. The Kier molecular flexibility index (Phi) is 11.4. The normalized spacial score (nSPS) is 19.8. The number of halogens is 1. The van der Waals surface area contributed by atoms with E-state index in [2.05, 4.69) is 20.3 Å². The Hall–Kier alpha value is -0.470. The Bertz CT molecular complexity index is 762. The summed E-state index contributed by atoms with van der Waals surface area (Å²) < 4.78 is 33.0. The average molecular weight is 561 g/mol. The van der Waals surface area contributed by atoms with Gasteiger partial charge in [0.2, 0.25) is 10.0 Å². The number of guanidine groups is 1. The van der Waals surface area contributed by atoms with Crippen LogP contribution in [0.3, 0.4) is 0 Å². The van der Waals surface area contributed by atoms with Crippen LogP contribution in [0.15, 0.2) is 16.0 Å². The fourth-order valence-electron chi connectivity index (χ4n) is 3.19. The molecule has 1 saturated heterocycles. The first-order valence-electron chi connectivity index (χ1n) is 9.59. The van der Waals surface area contributed by atoms with Gasteiger partial charge >= 0.3 is 0 Å². The molecular formula is C18H33IN4O4S2. The highest BCUT2D eigenvalue weighted by Gasteiger charge is 2.34. The summed E-state index contributed by atoms with van der Waals surface area (Å²) in [5.41, 5.74) is -0.118. The summed E-state index contributed by atoms with van der Waals surface area (Å²) in [5.74, 6) is 0.633. The third-order valence-electron chi connectivity index (χ3n) is 4.74. The second kappa shape index (κ2) is 12.4. The van der Waals surface area contributed by atoms with Gasteiger partial charge in [-0.05, 0) is 39.7 Å². The van der Waals surface area contributed by atoms with Crippen molar-refractivity contribution in [2.24, 2.45) is 10.4 Å². The van der Waals surface area contributed by atoms with Crippen molar-refractivity contribution in [1.29, 1.82) is 0 Å². The molecule has 8 nitrogen and oxygen atoms in total. The molecule has 1 atom stereocenters. The summed E-state index contributed by atoms with van der Waals surface area (Å²) in [4.78, 5) is 6.74. The quantitative estimate of drug-likeness (QED) is 0.150. The Labute approximate surface area is 195 Å². The second-order valence-corrected chi connectivity index (χ2v) is 10.3. The van der Waals surface area contributed by atoms with Gasteiger partial charge in [0.05, 0.1) is 18.0 Å². The number of aliphatic hydroxyl groups is 1. The van der Waals surface area contributed by atoms with Crippen LogP contribution in [0.4, 0.5) is 0 Å². The number of rotatable bonds is 10. The highest BCUT2D eigenvalue weighted by molar-refractivity contribution is 14.0. The molecule has 29 heavy (non-hydrogen) atoms. The van der Waals surface area contributed by atoms with Crippen LogP contribution in [0.2, 0.25) is 0 Å². The minimum atomic E-state index is -3.51. The maximum Gasteiger partial charge on any atom is 0.241 e. The molecule has 1 aliphatic heterocycles. The first-order valence-corrected chi connectivity index (χ1v) is 11.9. The maximum absolute atomic E-state index is 12.4. The van der Waals surface area contributed by atoms with E-state index in [0.29, 0.717) is 50.1 Å². The molecule has 1 aromatic heterocycles. The lowest BCUT2D eigenvalue weighted by molar-refractivity contribution is 0.131. The summed E-state index contributed by atoms with van der Waals surface area (Å²) in [6.45, 7) is 9.04. The molecule has 0 saturated carbocycles. The Morgan fingerprint density at radius 2 is 2.10 bits per heavy atom. The molecule has 0 aliphatic carbocycles. The molecule has 4 N–H and O–H groups in total. The molecule has 1 unspecified atom stereocenters. The number of hydrogen-bond donors (Lipinski definition) is 4. The molecule has 1 fully saturated rings. The van der Waals surface area contributed by atoms with Crippen LogP contribution in [0.5, 0.6) is 0 Å². The molecule has 0 spiro atoms. The van der Waals surface area contributed by atoms with E-state index in [4.69, 9.17) is 4.74 Å². The topological polar surface area (TPSA) is 112 Å². The zero-order valence-electron chi connectivity index (χ0n) is 17.3. The third-order valence-corrected chi connectivity index (χ3v) is 7.42. The lowest BCUT2D eigenvalue weighted by atomic mass is 9.84. The fourth-order valence-corrected chi connectivity index (χ4v) is 5.78. The van der Waals surface area contributed by atoms with Crippen molar-refractivity contribution in [1.82, 2.24) is 15.4 Å². The lowest BCUT2D eigenvalue weighted by Crippen LogP contribution is -2.42. The van der Waals surface area contributed by atoms with Crippen molar-refractivity contribution in [2.75, 3.05) is 46.0 Å². The SMILES string of the molecule is CCNC(=NCC1(CCO)CCOC1)NCCNS(=O)(=O)c1cc(C)sc1C.I. The van der Waals surface area contributed by atoms with Crippen molar-refractivity contribution >= 4 is 51.3 Å². The van der Waals surface area contributed by atoms with E-state index < -0.39 is 10.0 Å². The van der Waals surface area contributed by atoms with E-state index >= 15 is 0 Å². The molecular weight excluding hydrogens is 527 g/mol. The van der Waals surface area contributed by atoms with Crippen LogP contribution < -0.4 is 15.4 Å². The van der Waals surface area contributed by atoms with Gasteiger partial charge in [0.25, 0.3) is 0 Å². The summed E-state index contributed by atoms with van der Waals surface area (Å²) in [6.07, 6.45) is 1.55. The second-order valence-electron chi connectivity index (χ2n) is 7.07. The summed E-state index contributed by atoms with van der Waals surface area (Å²) >= 11 is 1.48. The number of aryl methyl sites for hydroxylation is 2. The van der Waals surface area contributed by atoms with E-state index in [9.17, 15) is 13.5 Å². The first-order chi connectivity index (χ1) is 13.3. The minimum absolute atomic E-state index is 0. The van der Waals surface area contributed by atoms with Gasteiger partial charge in [0, 0.05) is 48.0 Å². The summed E-state index contributed by atoms with van der Waals surface area (Å²) in [6, 6.07) is 1.70. The molecule has 1 aromatic rings. The summed E-state index contributed by atoms with van der Waals surface area (Å²) in [7, 11) is -3.51. The largest absolute Gasteiger partial charge is 0.396 e. The molecule has 0 bridgehead atoms. The number of nitrogens with one attached hydrogen (secondary N) is 3. The van der Waals surface area contributed by atoms with Gasteiger partial charge < -0.3 is 20.5 Å². The molecule has 0 radical (unpaired) electrons. The zero-order valence-corrected chi connectivity index (χ0v) is 21.2. The Balaban J connectivity index is 0.00000420. The van der Waals surface area contributed by atoms with Gasteiger partial charge in [-0.1, -0.05) is 0 Å². The number of thiophene rings is 1. The molecule has 0 aromatic carbocycles. The molecule has 168 valence electrons. The van der Waals surface area contributed by atoms with E-state index in [1.807, 2.05) is 20.8 Å². The summed E-state index contributed by atoms with van der Waals surface area (Å²) in [5, 5.41) is 15.7. The van der Waals surface area contributed by atoms with Gasteiger partial charge in [-0.15, -0.1) is 35.3 Å². The van der Waals surface area contributed by atoms with E-state index in [-0.39, 0.29) is 42.5 Å². The van der Waals surface area contributed by atoms with Gasteiger partial charge in [-0.2, -0.15) is 0 Å². The monoisotopic (exact) mass is 560 g/mol. The van der Waals surface area contributed by atoms with Gasteiger partial charge in [0.15, 0.2) is 5.96 Å². The van der Waals surface area contributed by atoms with Gasteiger partial charge in [0.1, 0.15) is 0 Å². The smallest absolute Gasteiger partial charge is 0.241 e. The standard InChI is InChI=1S/C18H32N4O4S2.HI/c1-4-19-17(21-12-18(5-9-23)6-10-26-13-18)20-7-8-22-28(24,25)16-11-14(2)27-15(16)3;/h11,22-23H,4-10,12-13H2,1-3H3,(H2,19,20,21);1H. The van der Waals surface area contributed by atoms with Crippen molar-refractivity contribution < 1.29 is 18.3 Å². The van der Waals surface area contributed by atoms with Gasteiger partial charge in [-0.3, -0.25) is 4.99 Å². The van der Waals surface area contributed by atoms with E-state index in [1.165, 1.54) is 11.3 Å². The number of aliphatic hydroxyl groups excluding tert-OH is 1. The molecule has 0 amide bonds. The Morgan fingerprint density at radius 1 is 1.34 bits per heavy atom. The number of nitrogens with zero attached hydrogens (tertiary/aromatic N) is 1. The van der Waals surface area contributed by atoms with E-state index in [0.717, 1.165) is 16.2 Å². The molecule has 11 heteroatoms. The zero-order chi connectivity index (χ0) is 20.6. The van der Waals surface area contributed by atoms with Crippen LogP contribution in [0, 0.1) is 19.3 Å². The number of ether oxygens (including phenoxy) is 1. The molecule has 1 aliphatic rings. The van der Waals surface area contributed by atoms with Crippen molar-refractivity contribution in [3.8, 4) is 0 Å². The number of hydrogen-bond acceptors (Lipinski definition) is 6. The lowest BCUT2D eigenvalue weighted by Gasteiger charge is -2.24. The van der Waals surface area contributed by atoms with Crippen molar-refractivity contribution in [2.45, 2.75) is 38.5 Å². The number of aliphatic imine (C=N–C) groups is 1. The highest BCUT2D eigenvalue weighted by atomic mass is 127. The van der Waals surface area contributed by atoms with Crippen LogP contribution in [-0.2, 0) is 14.8 Å². The predicted octanol–water partition coefficient (Wildman–Crippen LogP) is 1.61. The predicted molar refractivity (Wildman–Crippen MR) is 128 cm³/mol. The van der Waals surface area contributed by atoms with Crippen molar-refractivity contribution in [3.05, 3.63) is 15.8 Å². The van der Waals surface area contributed by atoms with Gasteiger partial charge in [-0.25, -0.2) is 13.1 Å². The maximum atomic E-state index is 12.4.